The van der Waals surface area contributed by atoms with E-state index in [1.165, 1.54) is 11.8 Å². The lowest BCUT2D eigenvalue weighted by molar-refractivity contribution is 0.102. The molecule has 0 fully saturated rings. The standard InChI is InChI=1S/C20H14N2OS/c21-11-16-15(10-12-6-2-1-3-7-12)17-18(23)13-8-4-5-9-14(13)19(17)24-20(16)22/h1-9,15H,10,22H2. The molecule has 2 aromatic rings. The summed E-state index contributed by atoms with van der Waals surface area (Å²) in [6.45, 7) is 0. The van der Waals surface area contributed by atoms with E-state index in [-0.39, 0.29) is 11.7 Å². The van der Waals surface area contributed by atoms with Crippen LogP contribution in [0.1, 0.15) is 21.5 Å². The van der Waals surface area contributed by atoms with Gasteiger partial charge in [0, 0.05) is 27.5 Å². The highest BCUT2D eigenvalue weighted by molar-refractivity contribution is 8.11. The fraction of sp³-hybridized carbons (Fsp3) is 0.100. The van der Waals surface area contributed by atoms with E-state index in [2.05, 4.69) is 6.07 Å². The van der Waals surface area contributed by atoms with Gasteiger partial charge >= 0.3 is 0 Å². The van der Waals surface area contributed by atoms with Crippen LogP contribution < -0.4 is 5.73 Å². The molecule has 2 aliphatic rings. The minimum absolute atomic E-state index is 0.0225. The molecular weight excluding hydrogens is 316 g/mol. The summed E-state index contributed by atoms with van der Waals surface area (Å²) in [5, 5.41) is 10.1. The van der Waals surface area contributed by atoms with Crippen molar-refractivity contribution in [2.24, 2.45) is 11.7 Å². The summed E-state index contributed by atoms with van der Waals surface area (Å²) < 4.78 is 0. The molecule has 0 amide bonds. The third kappa shape index (κ3) is 2.17. The molecule has 0 saturated heterocycles. The smallest absolute Gasteiger partial charge is 0.191 e. The Morgan fingerprint density at radius 2 is 1.71 bits per heavy atom. The maximum Gasteiger partial charge on any atom is 0.191 e. The third-order valence-corrected chi connectivity index (χ3v) is 5.57. The van der Waals surface area contributed by atoms with Crippen LogP contribution in [0.25, 0.3) is 4.91 Å². The Kier molecular flexibility index (Phi) is 3.51. The van der Waals surface area contributed by atoms with Gasteiger partial charge in [-0.05, 0) is 12.0 Å². The summed E-state index contributed by atoms with van der Waals surface area (Å²) in [4.78, 5) is 13.9. The number of fused-ring (bicyclic) bond motifs is 2. The zero-order chi connectivity index (χ0) is 16.7. The molecule has 0 radical (unpaired) electrons. The second kappa shape index (κ2) is 5.70. The minimum Gasteiger partial charge on any atom is -0.392 e. The molecule has 1 aliphatic heterocycles. The maximum absolute atomic E-state index is 13.0. The highest BCUT2D eigenvalue weighted by Gasteiger charge is 2.40. The molecular formula is C20H14N2OS. The zero-order valence-corrected chi connectivity index (χ0v) is 13.6. The third-order valence-electron chi connectivity index (χ3n) is 4.48. The van der Waals surface area contributed by atoms with Crippen LogP contribution in [0.4, 0.5) is 0 Å². The summed E-state index contributed by atoms with van der Waals surface area (Å²) in [6, 6.07) is 19.7. The number of hydrogen-bond acceptors (Lipinski definition) is 4. The van der Waals surface area contributed by atoms with E-state index in [1.807, 2.05) is 54.6 Å². The Morgan fingerprint density at radius 3 is 2.42 bits per heavy atom. The van der Waals surface area contributed by atoms with Crippen molar-refractivity contribution in [2.45, 2.75) is 6.42 Å². The van der Waals surface area contributed by atoms with Gasteiger partial charge in [0.15, 0.2) is 5.78 Å². The number of rotatable bonds is 2. The molecule has 1 aliphatic carbocycles. The van der Waals surface area contributed by atoms with Crippen LogP contribution >= 0.6 is 11.8 Å². The predicted molar refractivity (Wildman–Crippen MR) is 95.7 cm³/mol. The highest BCUT2D eigenvalue weighted by Crippen LogP contribution is 2.51. The molecule has 0 saturated carbocycles. The number of nitriles is 1. The van der Waals surface area contributed by atoms with Gasteiger partial charge in [0.25, 0.3) is 0 Å². The molecule has 4 heteroatoms. The summed E-state index contributed by atoms with van der Waals surface area (Å²) in [5.74, 6) is -0.261. The monoisotopic (exact) mass is 330 g/mol. The van der Waals surface area contributed by atoms with Crippen LogP contribution in [-0.2, 0) is 6.42 Å². The second-order valence-corrected chi connectivity index (χ2v) is 6.90. The Bertz CT molecular complexity index is 951. The summed E-state index contributed by atoms with van der Waals surface area (Å²) in [7, 11) is 0. The van der Waals surface area contributed by atoms with Gasteiger partial charge in [-0.1, -0.05) is 66.4 Å². The van der Waals surface area contributed by atoms with Crippen LogP contribution in [0.3, 0.4) is 0 Å². The van der Waals surface area contributed by atoms with Gasteiger partial charge in [-0.3, -0.25) is 4.79 Å². The molecule has 2 N–H and O–H groups in total. The first kappa shape index (κ1) is 14.8. The SMILES string of the molecule is N#CC1=C(N)SC2=C(C(=O)c3ccccc32)C1Cc1ccccc1. The number of nitrogens with zero attached hydrogens (tertiary/aromatic N) is 1. The number of Topliss-reactive ketones (excluding diaryl/α,β-unsaturated/α-hetero) is 1. The molecule has 1 unspecified atom stereocenters. The predicted octanol–water partition coefficient (Wildman–Crippen LogP) is 3.89. The number of allylic oxidation sites excluding steroid dienone is 2. The topological polar surface area (TPSA) is 66.9 Å². The summed E-state index contributed by atoms with van der Waals surface area (Å²) in [5.41, 5.74) is 10.1. The van der Waals surface area contributed by atoms with E-state index in [0.29, 0.717) is 22.6 Å². The molecule has 116 valence electrons. The maximum atomic E-state index is 13.0. The lowest BCUT2D eigenvalue weighted by Gasteiger charge is -2.24. The Labute approximate surface area is 144 Å². The number of thioether (sulfide) groups is 1. The van der Waals surface area contributed by atoms with Crippen molar-refractivity contribution in [3.05, 3.63) is 87.5 Å². The van der Waals surface area contributed by atoms with E-state index < -0.39 is 0 Å². The van der Waals surface area contributed by atoms with Gasteiger partial charge in [0.05, 0.1) is 16.7 Å². The summed E-state index contributed by atoms with van der Waals surface area (Å²) >= 11 is 1.34. The number of nitrogens with two attached hydrogens (primary N) is 1. The molecule has 0 aromatic heterocycles. The largest absolute Gasteiger partial charge is 0.392 e. The fourth-order valence-corrected chi connectivity index (χ4v) is 4.52. The van der Waals surface area contributed by atoms with Crippen molar-refractivity contribution in [1.82, 2.24) is 0 Å². The molecule has 3 nitrogen and oxygen atoms in total. The van der Waals surface area contributed by atoms with Gasteiger partial charge in [0.2, 0.25) is 0 Å². The fourth-order valence-electron chi connectivity index (χ4n) is 3.37. The second-order valence-electron chi connectivity index (χ2n) is 5.85. The average Bonchev–Trinajstić information content (AvgIpc) is 2.89. The zero-order valence-electron chi connectivity index (χ0n) is 12.8. The van der Waals surface area contributed by atoms with Gasteiger partial charge in [-0.25, -0.2) is 0 Å². The molecule has 2 aromatic carbocycles. The van der Waals surface area contributed by atoms with E-state index in [9.17, 15) is 10.1 Å². The molecule has 4 rings (SSSR count). The number of carbonyl (C=O) groups excluding carboxylic acids is 1. The lowest BCUT2D eigenvalue weighted by atomic mass is 9.84. The van der Waals surface area contributed by atoms with Crippen molar-refractivity contribution >= 4 is 22.5 Å². The van der Waals surface area contributed by atoms with E-state index in [1.54, 1.807) is 0 Å². The van der Waals surface area contributed by atoms with Crippen molar-refractivity contribution in [3.63, 3.8) is 0 Å². The number of carbonyl (C=O) groups is 1. The van der Waals surface area contributed by atoms with Crippen LogP contribution in [-0.4, -0.2) is 5.78 Å². The first-order valence-corrected chi connectivity index (χ1v) is 8.52. The Balaban J connectivity index is 1.84. The van der Waals surface area contributed by atoms with Crippen LogP contribution in [0.15, 0.2) is 70.8 Å². The van der Waals surface area contributed by atoms with Crippen LogP contribution in [0.2, 0.25) is 0 Å². The minimum atomic E-state index is -0.284. The number of hydrogen-bond donors (Lipinski definition) is 1. The quantitative estimate of drug-likeness (QED) is 0.907. The Hall–Kier alpha value is -2.77. The van der Waals surface area contributed by atoms with Crippen LogP contribution in [0, 0.1) is 17.2 Å². The van der Waals surface area contributed by atoms with Gasteiger partial charge in [-0.15, -0.1) is 0 Å². The van der Waals surface area contributed by atoms with Crippen molar-refractivity contribution in [1.29, 1.82) is 5.26 Å². The molecule has 0 bridgehead atoms. The van der Waals surface area contributed by atoms with Gasteiger partial charge in [-0.2, -0.15) is 5.26 Å². The van der Waals surface area contributed by atoms with Crippen LogP contribution in [0.5, 0.6) is 0 Å². The first-order chi connectivity index (χ1) is 11.7. The van der Waals surface area contributed by atoms with Gasteiger partial charge in [0.1, 0.15) is 0 Å². The highest BCUT2D eigenvalue weighted by atomic mass is 32.2. The number of benzene rings is 2. The van der Waals surface area contributed by atoms with E-state index in [4.69, 9.17) is 5.73 Å². The van der Waals surface area contributed by atoms with Crippen molar-refractivity contribution < 1.29 is 4.79 Å². The molecule has 24 heavy (non-hydrogen) atoms. The van der Waals surface area contributed by atoms with Gasteiger partial charge < -0.3 is 5.73 Å². The van der Waals surface area contributed by atoms with E-state index in [0.717, 1.165) is 21.6 Å². The lowest BCUT2D eigenvalue weighted by Crippen LogP contribution is -2.21. The molecule has 1 heterocycles. The Morgan fingerprint density at radius 1 is 1.04 bits per heavy atom. The van der Waals surface area contributed by atoms with Crippen molar-refractivity contribution in [2.75, 3.05) is 0 Å². The number of ketones is 1. The first-order valence-electron chi connectivity index (χ1n) is 7.70. The summed E-state index contributed by atoms with van der Waals surface area (Å²) in [6.07, 6.45) is 0.601. The molecule has 0 spiro atoms. The van der Waals surface area contributed by atoms with Crippen molar-refractivity contribution in [3.8, 4) is 6.07 Å². The normalized spacial score (nSPS) is 19.1. The van der Waals surface area contributed by atoms with E-state index >= 15 is 0 Å². The molecule has 1 atom stereocenters. The average molecular weight is 330 g/mol.